The lowest BCUT2D eigenvalue weighted by Gasteiger charge is -2.21. The maximum Gasteiger partial charge on any atom is 0.254 e. The maximum atomic E-state index is 12.7. The molecule has 0 aliphatic rings. The highest BCUT2D eigenvalue weighted by Gasteiger charge is 2.18. The fourth-order valence-electron chi connectivity index (χ4n) is 2.55. The predicted octanol–water partition coefficient (Wildman–Crippen LogP) is 2.94. The molecule has 0 bridgehead atoms. The van der Waals surface area contributed by atoms with Crippen molar-refractivity contribution in [3.8, 4) is 5.75 Å². The molecule has 26 heavy (non-hydrogen) atoms. The van der Waals surface area contributed by atoms with Gasteiger partial charge >= 0.3 is 0 Å². The van der Waals surface area contributed by atoms with Crippen molar-refractivity contribution in [3.05, 3.63) is 59.7 Å². The fraction of sp³-hybridized carbons (Fsp3) is 0.300. The second-order valence-corrected chi connectivity index (χ2v) is 5.73. The highest BCUT2D eigenvalue weighted by molar-refractivity contribution is 5.99. The SMILES string of the molecule is CCN(CC(=O)Nc1cccc(OC)c1)C(=O)c1cccc(COC)c1. The first-order chi connectivity index (χ1) is 12.6. The van der Waals surface area contributed by atoms with Crippen LogP contribution in [0, 0.1) is 0 Å². The Kier molecular flexibility index (Phi) is 7.17. The van der Waals surface area contributed by atoms with E-state index < -0.39 is 0 Å². The van der Waals surface area contributed by atoms with Crippen LogP contribution in [0.15, 0.2) is 48.5 Å². The molecule has 1 N–H and O–H groups in total. The Labute approximate surface area is 153 Å². The average Bonchev–Trinajstić information content (AvgIpc) is 2.66. The van der Waals surface area contributed by atoms with Crippen LogP contribution in [-0.4, -0.2) is 44.0 Å². The lowest BCUT2D eigenvalue weighted by molar-refractivity contribution is -0.116. The van der Waals surface area contributed by atoms with Gasteiger partial charge in [-0.15, -0.1) is 0 Å². The quantitative estimate of drug-likeness (QED) is 0.790. The number of nitrogens with one attached hydrogen (secondary N) is 1. The summed E-state index contributed by atoms with van der Waals surface area (Å²) >= 11 is 0. The Balaban J connectivity index is 2.04. The minimum atomic E-state index is -0.263. The van der Waals surface area contributed by atoms with Crippen LogP contribution in [-0.2, 0) is 16.1 Å². The molecule has 0 aliphatic heterocycles. The molecular formula is C20H24N2O4. The summed E-state index contributed by atoms with van der Waals surface area (Å²) in [6, 6.07) is 14.3. The van der Waals surface area contributed by atoms with E-state index in [2.05, 4.69) is 5.32 Å². The Morgan fingerprint density at radius 2 is 1.85 bits per heavy atom. The van der Waals surface area contributed by atoms with Gasteiger partial charge < -0.3 is 19.7 Å². The molecule has 0 saturated heterocycles. The average molecular weight is 356 g/mol. The molecule has 138 valence electrons. The molecule has 0 spiro atoms. The van der Waals surface area contributed by atoms with E-state index in [1.807, 2.05) is 19.1 Å². The second-order valence-electron chi connectivity index (χ2n) is 5.73. The third kappa shape index (κ3) is 5.32. The van der Waals surface area contributed by atoms with E-state index in [9.17, 15) is 9.59 Å². The summed E-state index contributed by atoms with van der Waals surface area (Å²) < 4.78 is 10.2. The van der Waals surface area contributed by atoms with Crippen molar-refractivity contribution in [1.29, 1.82) is 0 Å². The van der Waals surface area contributed by atoms with E-state index in [1.54, 1.807) is 50.6 Å². The van der Waals surface area contributed by atoms with Gasteiger partial charge in [0, 0.05) is 31.0 Å². The first-order valence-corrected chi connectivity index (χ1v) is 8.38. The number of methoxy groups -OCH3 is 2. The largest absolute Gasteiger partial charge is 0.497 e. The van der Waals surface area contributed by atoms with Gasteiger partial charge in [0.25, 0.3) is 5.91 Å². The molecule has 6 heteroatoms. The number of likely N-dealkylation sites (N-methyl/N-ethyl adjacent to an activating group) is 1. The second kappa shape index (κ2) is 9.58. The summed E-state index contributed by atoms with van der Waals surface area (Å²) in [4.78, 5) is 26.5. The van der Waals surface area contributed by atoms with Crippen molar-refractivity contribution in [2.45, 2.75) is 13.5 Å². The van der Waals surface area contributed by atoms with Crippen LogP contribution < -0.4 is 10.1 Å². The Hall–Kier alpha value is -2.86. The van der Waals surface area contributed by atoms with Crippen molar-refractivity contribution in [2.75, 3.05) is 32.6 Å². The number of hydrogen-bond acceptors (Lipinski definition) is 4. The number of hydrogen-bond donors (Lipinski definition) is 1. The van der Waals surface area contributed by atoms with Gasteiger partial charge in [-0.3, -0.25) is 9.59 Å². The molecule has 0 aromatic heterocycles. The van der Waals surface area contributed by atoms with E-state index >= 15 is 0 Å². The molecule has 2 aromatic rings. The van der Waals surface area contributed by atoms with Gasteiger partial charge in [-0.05, 0) is 36.8 Å². The van der Waals surface area contributed by atoms with Crippen LogP contribution in [0.25, 0.3) is 0 Å². The Morgan fingerprint density at radius 3 is 2.54 bits per heavy atom. The van der Waals surface area contributed by atoms with Crippen molar-refractivity contribution < 1.29 is 19.1 Å². The van der Waals surface area contributed by atoms with Gasteiger partial charge in [0.05, 0.1) is 13.7 Å². The van der Waals surface area contributed by atoms with E-state index in [1.165, 1.54) is 4.90 Å². The molecule has 2 aromatic carbocycles. The summed E-state index contributed by atoms with van der Waals surface area (Å²) in [5.41, 5.74) is 2.07. The summed E-state index contributed by atoms with van der Waals surface area (Å²) in [5, 5.41) is 2.79. The first-order valence-electron chi connectivity index (χ1n) is 8.38. The summed E-state index contributed by atoms with van der Waals surface area (Å²) in [5.74, 6) is 0.203. The molecule has 2 rings (SSSR count). The van der Waals surface area contributed by atoms with Crippen molar-refractivity contribution >= 4 is 17.5 Å². The van der Waals surface area contributed by atoms with Gasteiger partial charge in [0.2, 0.25) is 5.91 Å². The minimum Gasteiger partial charge on any atom is -0.497 e. The van der Waals surface area contributed by atoms with E-state index in [-0.39, 0.29) is 18.4 Å². The zero-order valence-electron chi connectivity index (χ0n) is 15.3. The summed E-state index contributed by atoms with van der Waals surface area (Å²) in [7, 11) is 3.17. The van der Waals surface area contributed by atoms with Crippen molar-refractivity contribution in [3.63, 3.8) is 0 Å². The van der Waals surface area contributed by atoms with Crippen LogP contribution in [0.2, 0.25) is 0 Å². The molecule has 0 aliphatic carbocycles. The zero-order chi connectivity index (χ0) is 18.9. The molecule has 6 nitrogen and oxygen atoms in total. The topological polar surface area (TPSA) is 67.9 Å². The molecule has 0 atom stereocenters. The normalized spacial score (nSPS) is 10.3. The number of ether oxygens (including phenoxy) is 2. The van der Waals surface area contributed by atoms with E-state index in [0.29, 0.717) is 30.2 Å². The Bertz CT molecular complexity index is 761. The zero-order valence-corrected chi connectivity index (χ0v) is 15.3. The van der Waals surface area contributed by atoms with Crippen molar-refractivity contribution in [1.82, 2.24) is 4.90 Å². The number of carbonyl (C=O) groups excluding carboxylic acids is 2. The van der Waals surface area contributed by atoms with Crippen LogP contribution in [0.4, 0.5) is 5.69 Å². The number of amides is 2. The lowest BCUT2D eigenvalue weighted by Crippen LogP contribution is -2.37. The number of carbonyl (C=O) groups is 2. The van der Waals surface area contributed by atoms with Crippen LogP contribution in [0.3, 0.4) is 0 Å². The number of anilines is 1. The maximum absolute atomic E-state index is 12.7. The molecule has 0 saturated carbocycles. The van der Waals surface area contributed by atoms with Gasteiger partial charge in [0.1, 0.15) is 12.3 Å². The standard InChI is InChI=1S/C20H24N2O4/c1-4-22(20(24)16-8-5-7-15(11-16)14-25-2)13-19(23)21-17-9-6-10-18(12-17)26-3/h5-12H,4,13-14H2,1-3H3,(H,21,23). The van der Waals surface area contributed by atoms with E-state index in [0.717, 1.165) is 5.56 Å². The molecule has 0 radical (unpaired) electrons. The molecular weight excluding hydrogens is 332 g/mol. The van der Waals surface area contributed by atoms with Gasteiger partial charge in [-0.25, -0.2) is 0 Å². The summed E-state index contributed by atoms with van der Waals surface area (Å²) in [6.07, 6.45) is 0. The third-order valence-electron chi connectivity index (χ3n) is 3.84. The monoisotopic (exact) mass is 356 g/mol. The first kappa shape index (κ1) is 19.5. The van der Waals surface area contributed by atoms with Crippen LogP contribution in [0.5, 0.6) is 5.75 Å². The van der Waals surface area contributed by atoms with Crippen LogP contribution >= 0.6 is 0 Å². The van der Waals surface area contributed by atoms with Gasteiger partial charge in [0.15, 0.2) is 0 Å². The number of benzene rings is 2. The van der Waals surface area contributed by atoms with E-state index in [4.69, 9.17) is 9.47 Å². The number of rotatable bonds is 8. The number of nitrogens with zero attached hydrogens (tertiary/aromatic N) is 1. The smallest absolute Gasteiger partial charge is 0.254 e. The van der Waals surface area contributed by atoms with Crippen LogP contribution in [0.1, 0.15) is 22.8 Å². The molecule has 0 heterocycles. The Morgan fingerprint density at radius 1 is 1.08 bits per heavy atom. The molecule has 2 amide bonds. The predicted molar refractivity (Wildman–Crippen MR) is 100 cm³/mol. The molecule has 0 unspecified atom stereocenters. The molecule has 0 fully saturated rings. The third-order valence-corrected chi connectivity index (χ3v) is 3.84. The van der Waals surface area contributed by atoms with Crippen molar-refractivity contribution in [2.24, 2.45) is 0 Å². The van der Waals surface area contributed by atoms with Gasteiger partial charge in [-0.2, -0.15) is 0 Å². The summed E-state index contributed by atoms with van der Waals surface area (Å²) in [6.45, 7) is 2.68. The highest BCUT2D eigenvalue weighted by Crippen LogP contribution is 2.17. The fourth-order valence-corrected chi connectivity index (χ4v) is 2.55. The highest BCUT2D eigenvalue weighted by atomic mass is 16.5. The lowest BCUT2D eigenvalue weighted by atomic mass is 10.1. The van der Waals surface area contributed by atoms with Gasteiger partial charge in [-0.1, -0.05) is 18.2 Å². The minimum absolute atomic E-state index is 0.0267.